The molecule has 0 aliphatic carbocycles. The van der Waals surface area contributed by atoms with E-state index in [2.05, 4.69) is 27.4 Å². The van der Waals surface area contributed by atoms with Crippen molar-refractivity contribution in [3.05, 3.63) is 34.9 Å². The maximum atomic E-state index is 12.0. The summed E-state index contributed by atoms with van der Waals surface area (Å²) in [4.78, 5) is 21.2. The highest BCUT2D eigenvalue weighted by atomic mass is 127. The van der Waals surface area contributed by atoms with Crippen LogP contribution in [-0.2, 0) is 14.3 Å². The lowest BCUT2D eigenvalue weighted by molar-refractivity contribution is -0.122. The molecule has 1 aliphatic heterocycles. The van der Waals surface area contributed by atoms with E-state index in [0.717, 1.165) is 44.2 Å². The van der Waals surface area contributed by atoms with Crippen molar-refractivity contribution in [3.63, 3.8) is 0 Å². The quantitative estimate of drug-likeness (QED) is 0.195. The third-order valence-corrected chi connectivity index (χ3v) is 5.15. The number of guanidine groups is 1. The van der Waals surface area contributed by atoms with E-state index in [1.165, 1.54) is 0 Å². The lowest BCUT2D eigenvalue weighted by Crippen LogP contribution is -2.54. The molecule has 1 amide bonds. The SMILES string of the molecule is CCNC(=NCC(OC)c1cccc(Cl)c1)N1CCN(CC(=O)NCCOC)CC1.I. The lowest BCUT2D eigenvalue weighted by atomic mass is 10.1. The Bertz CT molecular complexity index is 687. The van der Waals surface area contributed by atoms with Crippen molar-refractivity contribution in [2.24, 2.45) is 4.99 Å². The van der Waals surface area contributed by atoms with Gasteiger partial charge in [0, 0.05) is 58.5 Å². The van der Waals surface area contributed by atoms with Crippen molar-refractivity contribution in [3.8, 4) is 0 Å². The standard InChI is InChI=1S/C21H34ClN5O3.HI/c1-4-23-21(25-15-19(30-3)17-6-5-7-18(22)14-17)27-11-9-26(10-12-27)16-20(28)24-8-13-29-2;/h5-7,14,19H,4,8-13,15-16H2,1-3H3,(H,23,25)(H,24,28);1H. The molecule has 31 heavy (non-hydrogen) atoms. The zero-order valence-corrected chi connectivity index (χ0v) is 21.7. The number of hydrogen-bond acceptors (Lipinski definition) is 5. The van der Waals surface area contributed by atoms with Crippen LogP contribution in [0.25, 0.3) is 0 Å². The summed E-state index contributed by atoms with van der Waals surface area (Å²) in [6.07, 6.45) is -0.158. The molecule has 1 aliphatic rings. The average molecular weight is 568 g/mol. The van der Waals surface area contributed by atoms with Gasteiger partial charge < -0.3 is 25.0 Å². The zero-order chi connectivity index (χ0) is 21.8. The first-order valence-electron chi connectivity index (χ1n) is 10.4. The van der Waals surface area contributed by atoms with Crippen molar-refractivity contribution in [2.75, 3.05) is 73.2 Å². The molecule has 10 heteroatoms. The molecule has 1 aromatic carbocycles. The van der Waals surface area contributed by atoms with Crippen molar-refractivity contribution in [2.45, 2.75) is 13.0 Å². The summed E-state index contributed by atoms with van der Waals surface area (Å²) in [6, 6.07) is 7.68. The molecule has 176 valence electrons. The second-order valence-electron chi connectivity index (χ2n) is 7.08. The maximum Gasteiger partial charge on any atom is 0.234 e. The minimum absolute atomic E-state index is 0. The van der Waals surface area contributed by atoms with Crippen molar-refractivity contribution in [1.29, 1.82) is 0 Å². The molecular formula is C21H35ClIN5O3. The number of carbonyl (C=O) groups is 1. The van der Waals surface area contributed by atoms with E-state index in [1.54, 1.807) is 14.2 Å². The van der Waals surface area contributed by atoms with E-state index < -0.39 is 0 Å². The van der Waals surface area contributed by atoms with Gasteiger partial charge >= 0.3 is 0 Å². The van der Waals surface area contributed by atoms with Crippen LogP contribution in [0.3, 0.4) is 0 Å². The molecule has 1 saturated heterocycles. The number of carbonyl (C=O) groups excluding carboxylic acids is 1. The van der Waals surface area contributed by atoms with Crippen molar-refractivity contribution >= 4 is 47.4 Å². The van der Waals surface area contributed by atoms with Gasteiger partial charge in [-0.1, -0.05) is 23.7 Å². The van der Waals surface area contributed by atoms with E-state index in [9.17, 15) is 4.79 Å². The molecule has 1 heterocycles. The molecule has 2 rings (SSSR count). The number of rotatable bonds is 10. The number of amides is 1. The number of halogens is 2. The van der Waals surface area contributed by atoms with Crippen LogP contribution in [0, 0.1) is 0 Å². The highest BCUT2D eigenvalue weighted by Gasteiger charge is 2.21. The van der Waals surface area contributed by atoms with Crippen LogP contribution in [0.2, 0.25) is 5.02 Å². The van der Waals surface area contributed by atoms with Crippen LogP contribution in [0.5, 0.6) is 0 Å². The number of nitrogens with zero attached hydrogens (tertiary/aromatic N) is 3. The van der Waals surface area contributed by atoms with Gasteiger partial charge in [0.1, 0.15) is 6.10 Å². The van der Waals surface area contributed by atoms with Gasteiger partial charge in [-0.15, -0.1) is 24.0 Å². The molecule has 0 radical (unpaired) electrons. The first-order chi connectivity index (χ1) is 14.6. The second-order valence-corrected chi connectivity index (χ2v) is 7.52. The molecule has 0 spiro atoms. The number of methoxy groups -OCH3 is 2. The molecule has 0 saturated carbocycles. The minimum atomic E-state index is -0.158. The Hall–Kier alpha value is -1.14. The third-order valence-electron chi connectivity index (χ3n) is 4.91. The zero-order valence-electron chi connectivity index (χ0n) is 18.6. The Morgan fingerprint density at radius 3 is 2.58 bits per heavy atom. The number of nitrogens with one attached hydrogen (secondary N) is 2. The Kier molecular flexibility index (Phi) is 14.1. The number of benzene rings is 1. The average Bonchev–Trinajstić information content (AvgIpc) is 2.74. The summed E-state index contributed by atoms with van der Waals surface area (Å²) < 4.78 is 10.6. The van der Waals surface area contributed by atoms with Crippen LogP contribution < -0.4 is 10.6 Å². The minimum Gasteiger partial charge on any atom is -0.383 e. The van der Waals surface area contributed by atoms with Crippen LogP contribution >= 0.6 is 35.6 Å². The maximum absolute atomic E-state index is 12.0. The highest BCUT2D eigenvalue weighted by Crippen LogP contribution is 2.20. The summed E-state index contributed by atoms with van der Waals surface area (Å²) in [5, 5.41) is 6.92. The first kappa shape index (κ1) is 27.9. The molecular weight excluding hydrogens is 533 g/mol. The van der Waals surface area contributed by atoms with Gasteiger partial charge in [0.25, 0.3) is 0 Å². The Labute approximate surface area is 207 Å². The number of ether oxygens (including phenoxy) is 2. The van der Waals surface area contributed by atoms with Crippen molar-refractivity contribution < 1.29 is 14.3 Å². The summed E-state index contributed by atoms with van der Waals surface area (Å²) in [5.74, 6) is 0.899. The Balaban J connectivity index is 0.00000480. The predicted molar refractivity (Wildman–Crippen MR) is 135 cm³/mol. The highest BCUT2D eigenvalue weighted by molar-refractivity contribution is 14.0. The normalized spacial score (nSPS) is 15.9. The van der Waals surface area contributed by atoms with Gasteiger partial charge in [0.05, 0.1) is 19.7 Å². The topological polar surface area (TPSA) is 78.4 Å². The van der Waals surface area contributed by atoms with Gasteiger partial charge in [-0.3, -0.25) is 14.7 Å². The summed E-state index contributed by atoms with van der Waals surface area (Å²) >= 11 is 6.11. The lowest BCUT2D eigenvalue weighted by Gasteiger charge is -2.36. The number of hydrogen-bond donors (Lipinski definition) is 2. The van der Waals surface area contributed by atoms with Crippen LogP contribution in [0.1, 0.15) is 18.6 Å². The number of piperazine rings is 1. The van der Waals surface area contributed by atoms with Gasteiger partial charge in [0.2, 0.25) is 5.91 Å². The van der Waals surface area contributed by atoms with E-state index in [0.29, 0.717) is 31.3 Å². The first-order valence-corrected chi connectivity index (χ1v) is 10.7. The molecule has 0 aromatic heterocycles. The van der Waals surface area contributed by atoms with Gasteiger partial charge in [-0.25, -0.2) is 0 Å². The van der Waals surface area contributed by atoms with Crippen LogP contribution in [-0.4, -0.2) is 94.9 Å². The molecule has 1 unspecified atom stereocenters. The largest absolute Gasteiger partial charge is 0.383 e. The second kappa shape index (κ2) is 15.6. The third kappa shape index (κ3) is 9.90. The van der Waals surface area contributed by atoms with E-state index in [1.807, 2.05) is 24.3 Å². The van der Waals surface area contributed by atoms with E-state index >= 15 is 0 Å². The van der Waals surface area contributed by atoms with E-state index in [4.69, 9.17) is 26.1 Å². The molecule has 1 fully saturated rings. The smallest absolute Gasteiger partial charge is 0.234 e. The van der Waals surface area contributed by atoms with Crippen molar-refractivity contribution in [1.82, 2.24) is 20.4 Å². The predicted octanol–water partition coefficient (Wildman–Crippen LogP) is 1.99. The van der Waals surface area contributed by atoms with Gasteiger partial charge in [-0.05, 0) is 24.6 Å². The molecule has 1 aromatic rings. The fraction of sp³-hybridized carbons (Fsp3) is 0.619. The monoisotopic (exact) mass is 567 g/mol. The fourth-order valence-electron chi connectivity index (χ4n) is 3.29. The van der Waals surface area contributed by atoms with Crippen LogP contribution in [0.4, 0.5) is 0 Å². The van der Waals surface area contributed by atoms with Gasteiger partial charge in [0.15, 0.2) is 5.96 Å². The summed E-state index contributed by atoms with van der Waals surface area (Å²) in [7, 11) is 3.31. The number of aliphatic imine (C=N–C) groups is 1. The Morgan fingerprint density at radius 1 is 1.23 bits per heavy atom. The summed E-state index contributed by atoms with van der Waals surface area (Å²) in [5.41, 5.74) is 1.01. The molecule has 2 N–H and O–H groups in total. The van der Waals surface area contributed by atoms with Gasteiger partial charge in [-0.2, -0.15) is 0 Å². The molecule has 1 atom stereocenters. The molecule has 8 nitrogen and oxygen atoms in total. The van der Waals surface area contributed by atoms with E-state index in [-0.39, 0.29) is 36.0 Å². The fourth-order valence-corrected chi connectivity index (χ4v) is 3.49. The van der Waals surface area contributed by atoms with Crippen LogP contribution in [0.15, 0.2) is 29.3 Å². The molecule has 0 bridgehead atoms. The Morgan fingerprint density at radius 2 is 1.97 bits per heavy atom. The summed E-state index contributed by atoms with van der Waals surface area (Å²) in [6.45, 7) is 8.06.